The zero-order chi connectivity index (χ0) is 10.9. The fourth-order valence-electron chi connectivity index (χ4n) is 1.77. The summed E-state index contributed by atoms with van der Waals surface area (Å²) in [4.78, 5) is 0. The Morgan fingerprint density at radius 2 is 2.00 bits per heavy atom. The number of alkyl halides is 3. The van der Waals surface area contributed by atoms with E-state index >= 15 is 0 Å². The third kappa shape index (κ3) is 2.75. The van der Waals surface area contributed by atoms with E-state index < -0.39 is 29.6 Å². The van der Waals surface area contributed by atoms with Gasteiger partial charge in [0.25, 0.3) is 6.43 Å². The van der Waals surface area contributed by atoms with Crippen molar-refractivity contribution < 1.29 is 13.2 Å². The number of rotatable bonds is 2. The molecule has 1 aliphatic rings. The second-order valence-electron chi connectivity index (χ2n) is 3.77. The first-order valence-corrected chi connectivity index (χ1v) is 4.49. The lowest BCUT2D eigenvalue weighted by Crippen LogP contribution is -2.44. The van der Waals surface area contributed by atoms with Gasteiger partial charge in [0.1, 0.15) is 5.67 Å². The van der Waals surface area contributed by atoms with Gasteiger partial charge in [0.05, 0.1) is 0 Å². The molecule has 0 aromatic rings. The van der Waals surface area contributed by atoms with Crippen molar-refractivity contribution in [2.45, 2.75) is 32.0 Å². The molecule has 0 radical (unpaired) electrons. The minimum Gasteiger partial charge on any atom is -0.327 e. The molecule has 0 heterocycles. The van der Waals surface area contributed by atoms with Gasteiger partial charge < -0.3 is 5.73 Å². The molecule has 0 saturated heterocycles. The highest BCUT2D eigenvalue weighted by molar-refractivity contribution is 5.85. The molecule has 0 fully saturated rings. The van der Waals surface area contributed by atoms with E-state index in [1.54, 1.807) is 6.92 Å². The van der Waals surface area contributed by atoms with Gasteiger partial charge in [-0.05, 0) is 13.8 Å². The van der Waals surface area contributed by atoms with E-state index in [0.717, 1.165) is 13.0 Å². The molecule has 0 aliphatic heterocycles. The van der Waals surface area contributed by atoms with E-state index in [1.807, 2.05) is 0 Å². The van der Waals surface area contributed by atoms with Crippen LogP contribution >= 0.6 is 12.4 Å². The molecule has 5 heteroatoms. The van der Waals surface area contributed by atoms with Gasteiger partial charge in [0.2, 0.25) is 0 Å². The Kier molecular flexibility index (Phi) is 4.87. The summed E-state index contributed by atoms with van der Waals surface area (Å²) < 4.78 is 39.0. The van der Waals surface area contributed by atoms with Crippen molar-refractivity contribution in [1.29, 1.82) is 0 Å². The van der Waals surface area contributed by atoms with Crippen molar-refractivity contribution in [2.75, 3.05) is 0 Å². The maximum absolute atomic E-state index is 14.0. The number of hydrogen-bond acceptors (Lipinski definition) is 1. The van der Waals surface area contributed by atoms with Crippen LogP contribution in [0.5, 0.6) is 0 Å². The molecular formula is C10H15ClF3N. The molecule has 1 aliphatic carbocycles. The second-order valence-corrected chi connectivity index (χ2v) is 3.77. The van der Waals surface area contributed by atoms with E-state index in [2.05, 4.69) is 0 Å². The normalized spacial score (nSPS) is 32.2. The van der Waals surface area contributed by atoms with E-state index in [4.69, 9.17) is 5.73 Å². The van der Waals surface area contributed by atoms with Gasteiger partial charge in [-0.25, -0.2) is 13.2 Å². The number of nitrogens with two attached hydrogens (primary N) is 1. The molecule has 0 aromatic carbocycles. The smallest absolute Gasteiger partial charge is 0.263 e. The third-order valence-corrected chi connectivity index (χ3v) is 2.59. The van der Waals surface area contributed by atoms with Crippen molar-refractivity contribution in [3.63, 3.8) is 0 Å². The zero-order valence-electron chi connectivity index (χ0n) is 8.58. The predicted molar refractivity (Wildman–Crippen MR) is 57.1 cm³/mol. The minimum absolute atomic E-state index is 0. The molecule has 3 atom stereocenters. The molecule has 3 unspecified atom stereocenters. The second kappa shape index (κ2) is 5.03. The molecule has 88 valence electrons. The summed E-state index contributed by atoms with van der Waals surface area (Å²) in [6.07, 6.45) is 1.34. The summed E-state index contributed by atoms with van der Waals surface area (Å²) in [7, 11) is 0. The Morgan fingerprint density at radius 3 is 2.40 bits per heavy atom. The Labute approximate surface area is 93.6 Å². The Morgan fingerprint density at radius 1 is 1.47 bits per heavy atom. The highest BCUT2D eigenvalue weighted by Crippen LogP contribution is 2.38. The van der Waals surface area contributed by atoms with E-state index in [9.17, 15) is 13.2 Å². The molecule has 0 bridgehead atoms. The monoisotopic (exact) mass is 241 g/mol. The highest BCUT2D eigenvalue weighted by Gasteiger charge is 2.43. The number of hydrogen-bond donors (Lipinski definition) is 1. The summed E-state index contributed by atoms with van der Waals surface area (Å²) in [6, 6.07) is -0.483. The predicted octanol–water partition coefficient (Wildman–Crippen LogP) is 2.86. The van der Waals surface area contributed by atoms with Crippen LogP contribution in [-0.2, 0) is 0 Å². The molecule has 15 heavy (non-hydrogen) atoms. The summed E-state index contributed by atoms with van der Waals surface area (Å²) >= 11 is 0. The highest BCUT2D eigenvalue weighted by atomic mass is 35.5. The van der Waals surface area contributed by atoms with Gasteiger partial charge in [-0.1, -0.05) is 18.2 Å². The van der Waals surface area contributed by atoms with E-state index in [0.29, 0.717) is 0 Å². The minimum atomic E-state index is -2.77. The maximum atomic E-state index is 14.0. The Hall–Kier alpha value is -0.480. The lowest BCUT2D eigenvalue weighted by atomic mass is 9.77. The van der Waals surface area contributed by atoms with Crippen LogP contribution in [0.4, 0.5) is 13.2 Å². The first-order valence-electron chi connectivity index (χ1n) is 4.49. The SMILES string of the molecule is CC(N)C1C=CC=C(C(F)F)C1(C)F.Cl. The number of allylic oxidation sites excluding steroid dienone is 3. The first-order chi connectivity index (χ1) is 6.37. The molecule has 1 nitrogen and oxygen atoms in total. The standard InChI is InChI=1S/C10H14F3N.ClH/c1-6(14)7-4-3-5-8(9(11)12)10(7,2)13;/h3-7,9H,14H2,1-2H3;1H. The van der Waals surface area contributed by atoms with Gasteiger partial charge in [-0.15, -0.1) is 12.4 Å². The third-order valence-electron chi connectivity index (χ3n) is 2.59. The van der Waals surface area contributed by atoms with Gasteiger partial charge in [0.15, 0.2) is 0 Å². The van der Waals surface area contributed by atoms with Crippen LogP contribution in [-0.4, -0.2) is 18.1 Å². The molecule has 0 saturated carbocycles. The van der Waals surface area contributed by atoms with Gasteiger partial charge >= 0.3 is 0 Å². The van der Waals surface area contributed by atoms with Crippen molar-refractivity contribution in [3.05, 3.63) is 23.8 Å². The summed E-state index contributed by atoms with van der Waals surface area (Å²) in [6.45, 7) is 2.77. The average Bonchev–Trinajstić information content (AvgIpc) is 2.01. The van der Waals surface area contributed by atoms with E-state index in [1.165, 1.54) is 12.2 Å². The number of halogens is 4. The van der Waals surface area contributed by atoms with Crippen molar-refractivity contribution in [1.82, 2.24) is 0 Å². The van der Waals surface area contributed by atoms with Crippen LogP contribution in [0.1, 0.15) is 13.8 Å². The van der Waals surface area contributed by atoms with Crippen LogP contribution in [0, 0.1) is 5.92 Å². The topological polar surface area (TPSA) is 26.0 Å². The molecule has 0 spiro atoms. The largest absolute Gasteiger partial charge is 0.327 e. The van der Waals surface area contributed by atoms with Crippen molar-refractivity contribution in [3.8, 4) is 0 Å². The first kappa shape index (κ1) is 14.5. The summed E-state index contributed by atoms with van der Waals surface area (Å²) in [5.74, 6) is -0.684. The molecule has 0 aromatic heterocycles. The molecular weight excluding hydrogens is 227 g/mol. The summed E-state index contributed by atoms with van der Waals surface area (Å²) in [5, 5.41) is 0. The van der Waals surface area contributed by atoms with Gasteiger partial charge in [0, 0.05) is 17.5 Å². The van der Waals surface area contributed by atoms with Crippen molar-refractivity contribution >= 4 is 12.4 Å². The average molecular weight is 242 g/mol. The van der Waals surface area contributed by atoms with Gasteiger partial charge in [-0.3, -0.25) is 0 Å². The van der Waals surface area contributed by atoms with Crippen LogP contribution < -0.4 is 5.73 Å². The zero-order valence-corrected chi connectivity index (χ0v) is 9.40. The Bertz CT molecular complexity index is 272. The molecule has 0 amide bonds. The molecule has 1 rings (SSSR count). The maximum Gasteiger partial charge on any atom is 0.263 e. The summed E-state index contributed by atoms with van der Waals surface area (Å²) in [5.41, 5.74) is 3.01. The van der Waals surface area contributed by atoms with Crippen LogP contribution in [0.3, 0.4) is 0 Å². The Balaban J connectivity index is 0.00000196. The fraction of sp³-hybridized carbons (Fsp3) is 0.600. The quantitative estimate of drug-likeness (QED) is 0.791. The lowest BCUT2D eigenvalue weighted by molar-refractivity contribution is 0.0904. The van der Waals surface area contributed by atoms with Crippen LogP contribution in [0.15, 0.2) is 23.8 Å². The van der Waals surface area contributed by atoms with E-state index in [-0.39, 0.29) is 12.4 Å². The molecule has 2 N–H and O–H groups in total. The van der Waals surface area contributed by atoms with Crippen molar-refractivity contribution in [2.24, 2.45) is 11.7 Å². The van der Waals surface area contributed by atoms with Crippen LogP contribution in [0.25, 0.3) is 0 Å². The van der Waals surface area contributed by atoms with Gasteiger partial charge in [-0.2, -0.15) is 0 Å². The van der Waals surface area contributed by atoms with Crippen LogP contribution in [0.2, 0.25) is 0 Å². The fourth-order valence-corrected chi connectivity index (χ4v) is 1.77. The lowest BCUT2D eigenvalue weighted by Gasteiger charge is -2.35.